The van der Waals surface area contributed by atoms with Crippen molar-refractivity contribution in [3.05, 3.63) is 119 Å². The first kappa shape index (κ1) is 24.1. The Bertz CT molecular complexity index is 1910. The highest BCUT2D eigenvalue weighted by molar-refractivity contribution is 5.92. The molecule has 192 valence electrons. The van der Waals surface area contributed by atoms with Gasteiger partial charge < -0.3 is 14.8 Å². The van der Waals surface area contributed by atoms with Gasteiger partial charge in [-0.1, -0.05) is 0 Å². The third kappa shape index (κ3) is 4.61. The first-order valence-corrected chi connectivity index (χ1v) is 11.9. The third-order valence-corrected chi connectivity index (χ3v) is 6.25. The van der Waals surface area contributed by atoms with Gasteiger partial charge in [-0.25, -0.2) is 13.8 Å². The fraction of sp³-hybridized carbons (Fsp3) is 0.0333. The molecule has 3 heterocycles. The van der Waals surface area contributed by atoms with Crippen LogP contribution in [0.15, 0.2) is 102 Å². The lowest BCUT2D eigenvalue weighted by molar-refractivity contribution is 0.415. The molecule has 0 saturated heterocycles. The van der Waals surface area contributed by atoms with Gasteiger partial charge in [-0.2, -0.15) is 0 Å². The molecule has 9 heteroatoms. The quantitative estimate of drug-likeness (QED) is 0.261. The average molecular weight is 523 g/mol. The number of ether oxygens (including phenoxy) is 2. The molecule has 0 fully saturated rings. The summed E-state index contributed by atoms with van der Waals surface area (Å²) < 4.78 is 41.1. The number of benzene rings is 3. The lowest BCUT2D eigenvalue weighted by Gasteiger charge is -2.13. The third-order valence-electron chi connectivity index (χ3n) is 6.25. The van der Waals surface area contributed by atoms with Crippen LogP contribution in [0.25, 0.3) is 27.4 Å². The summed E-state index contributed by atoms with van der Waals surface area (Å²) in [6.07, 6.45) is 4.76. The molecular weight excluding hydrogens is 502 g/mol. The number of hydrogen-bond acceptors (Lipinski definition) is 6. The van der Waals surface area contributed by atoms with Crippen molar-refractivity contribution in [2.45, 2.75) is 0 Å². The van der Waals surface area contributed by atoms with E-state index in [0.717, 1.165) is 0 Å². The van der Waals surface area contributed by atoms with Gasteiger partial charge in [0.1, 0.15) is 23.1 Å². The molecule has 0 aliphatic carbocycles. The maximum absolute atomic E-state index is 15.2. The predicted octanol–water partition coefficient (Wildman–Crippen LogP) is 6.76. The highest BCUT2D eigenvalue weighted by Gasteiger charge is 2.14. The first-order chi connectivity index (χ1) is 19.0. The zero-order chi connectivity index (χ0) is 26.9. The highest BCUT2D eigenvalue weighted by atomic mass is 19.1. The summed E-state index contributed by atoms with van der Waals surface area (Å²) in [7, 11) is 1.57. The van der Waals surface area contributed by atoms with Gasteiger partial charge in [0.15, 0.2) is 11.6 Å². The van der Waals surface area contributed by atoms with Crippen LogP contribution in [0, 0.1) is 11.6 Å². The van der Waals surface area contributed by atoms with E-state index in [1.165, 1.54) is 41.0 Å². The lowest BCUT2D eigenvalue weighted by atomic mass is 10.2. The number of nitrogens with one attached hydrogen (secondary N) is 1. The summed E-state index contributed by atoms with van der Waals surface area (Å²) in [5.41, 5.74) is 1.18. The smallest absolute Gasteiger partial charge is 0.266 e. The second-order valence-electron chi connectivity index (χ2n) is 8.66. The number of rotatable bonds is 6. The molecule has 39 heavy (non-hydrogen) atoms. The van der Waals surface area contributed by atoms with E-state index in [-0.39, 0.29) is 17.1 Å². The van der Waals surface area contributed by atoms with Crippen LogP contribution in [-0.4, -0.2) is 21.6 Å². The van der Waals surface area contributed by atoms with Crippen molar-refractivity contribution in [1.82, 2.24) is 14.5 Å². The summed E-state index contributed by atoms with van der Waals surface area (Å²) in [4.78, 5) is 22.0. The van der Waals surface area contributed by atoms with Gasteiger partial charge in [0, 0.05) is 47.5 Å². The molecule has 3 aromatic carbocycles. The zero-order valence-corrected chi connectivity index (χ0v) is 20.6. The number of fused-ring (bicyclic) bond motifs is 2. The van der Waals surface area contributed by atoms with Crippen LogP contribution in [0.2, 0.25) is 0 Å². The number of methoxy groups -OCH3 is 1. The molecule has 6 aromatic rings. The molecule has 0 spiro atoms. The lowest BCUT2D eigenvalue weighted by Crippen LogP contribution is -2.19. The van der Waals surface area contributed by atoms with Crippen LogP contribution < -0.4 is 20.3 Å². The van der Waals surface area contributed by atoms with Gasteiger partial charge in [-0.3, -0.25) is 14.3 Å². The molecule has 1 N–H and O–H groups in total. The summed E-state index contributed by atoms with van der Waals surface area (Å²) in [5.74, 6) is 0.370. The number of nitrogens with zero attached hydrogens (tertiary/aromatic N) is 3. The summed E-state index contributed by atoms with van der Waals surface area (Å²) in [6.45, 7) is 0. The van der Waals surface area contributed by atoms with Crippen LogP contribution in [0.3, 0.4) is 0 Å². The first-order valence-electron chi connectivity index (χ1n) is 11.9. The monoisotopic (exact) mass is 522 g/mol. The number of aromatic nitrogens is 3. The zero-order valence-electron chi connectivity index (χ0n) is 20.6. The van der Waals surface area contributed by atoms with Crippen LogP contribution in [-0.2, 0) is 0 Å². The molecule has 0 unspecified atom stereocenters. The number of hydrogen-bond donors (Lipinski definition) is 1. The maximum atomic E-state index is 15.2. The second kappa shape index (κ2) is 9.86. The van der Waals surface area contributed by atoms with E-state index < -0.39 is 11.6 Å². The SMILES string of the molecule is COc1ccc2c(Oc3ccc(Nc4nccc5ccn(-c6ccc(F)cc6)c(=O)c45)cc3F)ccnc2c1. The molecule has 0 atom stereocenters. The minimum Gasteiger partial charge on any atom is -0.497 e. The number of anilines is 2. The van der Waals surface area contributed by atoms with Crippen LogP contribution >= 0.6 is 0 Å². The van der Waals surface area contributed by atoms with Gasteiger partial charge in [-0.05, 0) is 72.1 Å². The van der Waals surface area contributed by atoms with E-state index >= 15 is 4.39 Å². The second-order valence-corrected chi connectivity index (χ2v) is 8.66. The van der Waals surface area contributed by atoms with Gasteiger partial charge in [0.25, 0.3) is 5.56 Å². The molecule has 7 nitrogen and oxygen atoms in total. The van der Waals surface area contributed by atoms with Crippen molar-refractivity contribution in [2.24, 2.45) is 0 Å². The molecule has 0 aliphatic heterocycles. The molecule has 0 radical (unpaired) electrons. The maximum Gasteiger partial charge on any atom is 0.266 e. The average Bonchev–Trinajstić information content (AvgIpc) is 2.95. The van der Waals surface area contributed by atoms with Gasteiger partial charge >= 0.3 is 0 Å². The van der Waals surface area contributed by atoms with E-state index in [4.69, 9.17) is 9.47 Å². The summed E-state index contributed by atoms with van der Waals surface area (Å²) >= 11 is 0. The minimum atomic E-state index is -0.609. The van der Waals surface area contributed by atoms with Crippen molar-refractivity contribution < 1.29 is 18.3 Å². The van der Waals surface area contributed by atoms with Gasteiger partial charge in [0.2, 0.25) is 0 Å². The fourth-order valence-corrected chi connectivity index (χ4v) is 4.32. The number of halogens is 2. The Morgan fingerprint density at radius 1 is 0.846 bits per heavy atom. The molecule has 0 aliphatic rings. The minimum absolute atomic E-state index is 0.0217. The van der Waals surface area contributed by atoms with Crippen LogP contribution in [0.5, 0.6) is 17.2 Å². The van der Waals surface area contributed by atoms with Crippen molar-refractivity contribution in [1.29, 1.82) is 0 Å². The Labute approximate surface area is 220 Å². The Morgan fingerprint density at radius 3 is 2.46 bits per heavy atom. The molecule has 0 amide bonds. The Morgan fingerprint density at radius 2 is 1.67 bits per heavy atom. The topological polar surface area (TPSA) is 78.3 Å². The van der Waals surface area contributed by atoms with Crippen molar-refractivity contribution >= 4 is 33.2 Å². The van der Waals surface area contributed by atoms with E-state index in [2.05, 4.69) is 15.3 Å². The van der Waals surface area contributed by atoms with E-state index in [9.17, 15) is 9.18 Å². The van der Waals surface area contributed by atoms with Crippen molar-refractivity contribution in [3.8, 4) is 22.9 Å². The van der Waals surface area contributed by atoms with E-state index in [1.54, 1.807) is 68.2 Å². The Kier molecular flexibility index (Phi) is 6.08. The molecule has 0 bridgehead atoms. The van der Waals surface area contributed by atoms with E-state index in [0.29, 0.717) is 44.5 Å². The van der Waals surface area contributed by atoms with Crippen molar-refractivity contribution in [2.75, 3.05) is 12.4 Å². The van der Waals surface area contributed by atoms with Crippen molar-refractivity contribution in [3.63, 3.8) is 0 Å². The normalized spacial score (nSPS) is 11.1. The van der Waals surface area contributed by atoms with Gasteiger partial charge in [0.05, 0.1) is 18.0 Å². The molecular formula is C30H20F2N4O3. The Hall–Kier alpha value is -5.31. The molecule has 6 rings (SSSR count). The van der Waals surface area contributed by atoms with Crippen LogP contribution in [0.1, 0.15) is 0 Å². The number of pyridine rings is 3. The Balaban J connectivity index is 1.32. The fourth-order valence-electron chi connectivity index (χ4n) is 4.32. The molecule has 3 aromatic heterocycles. The molecule has 0 saturated carbocycles. The standard InChI is InChI=1S/C30H20F2N4O3/c1-38-22-7-8-23-25(17-22)33-14-11-26(23)39-27-9-4-20(16-24(27)32)35-29-28-18(10-13-34-29)12-15-36(30(28)37)21-5-2-19(31)3-6-21/h2-17H,1H3,(H,34,35). The highest BCUT2D eigenvalue weighted by Crippen LogP contribution is 2.33. The van der Waals surface area contributed by atoms with Gasteiger partial charge in [-0.15, -0.1) is 0 Å². The summed E-state index contributed by atoms with van der Waals surface area (Å²) in [6, 6.07) is 20.5. The largest absolute Gasteiger partial charge is 0.497 e. The summed E-state index contributed by atoms with van der Waals surface area (Å²) in [5, 5.41) is 4.71. The van der Waals surface area contributed by atoms with Crippen LogP contribution in [0.4, 0.5) is 20.3 Å². The van der Waals surface area contributed by atoms with E-state index in [1.807, 2.05) is 0 Å². The predicted molar refractivity (Wildman–Crippen MR) is 145 cm³/mol.